The van der Waals surface area contributed by atoms with Crippen molar-refractivity contribution in [2.24, 2.45) is 4.99 Å². The van der Waals surface area contributed by atoms with Gasteiger partial charge in [0.05, 0.1) is 39.2 Å². The van der Waals surface area contributed by atoms with Crippen LogP contribution in [-0.2, 0) is 11.3 Å². The highest BCUT2D eigenvalue weighted by atomic mass is 16.5. The van der Waals surface area contributed by atoms with Gasteiger partial charge in [0.1, 0.15) is 0 Å². The molecule has 2 aromatic rings. The third kappa shape index (κ3) is 4.09. The highest BCUT2D eigenvalue weighted by molar-refractivity contribution is 6.15. The second kappa shape index (κ2) is 9.01. The molecule has 0 unspecified atom stereocenters. The molecule has 5 nitrogen and oxygen atoms in total. The van der Waals surface area contributed by atoms with Crippen molar-refractivity contribution in [1.82, 2.24) is 4.90 Å². The highest BCUT2D eigenvalue weighted by Gasteiger charge is 2.34. The average molecular weight is 421 g/mol. The summed E-state index contributed by atoms with van der Waals surface area (Å²) in [4.78, 5) is 7.74. The van der Waals surface area contributed by atoms with Crippen molar-refractivity contribution in [2.45, 2.75) is 44.2 Å². The first kappa shape index (κ1) is 20.5. The summed E-state index contributed by atoms with van der Waals surface area (Å²) < 4.78 is 16.7. The molecule has 1 saturated carbocycles. The van der Waals surface area contributed by atoms with E-state index < -0.39 is 0 Å². The Kier molecular flexibility index (Phi) is 5.97. The average Bonchev–Trinajstić information content (AvgIpc) is 2.84. The predicted octanol–water partition coefficient (Wildman–Crippen LogP) is 4.41. The zero-order valence-electron chi connectivity index (χ0n) is 18.6. The van der Waals surface area contributed by atoms with Gasteiger partial charge in [0.15, 0.2) is 11.5 Å². The quantitative estimate of drug-likeness (QED) is 0.719. The Morgan fingerprint density at radius 3 is 2.42 bits per heavy atom. The van der Waals surface area contributed by atoms with E-state index in [1.807, 2.05) is 0 Å². The van der Waals surface area contributed by atoms with E-state index in [1.54, 1.807) is 14.2 Å². The molecule has 2 aliphatic heterocycles. The minimum absolute atomic E-state index is 0.363. The van der Waals surface area contributed by atoms with Crippen LogP contribution in [0.15, 0.2) is 41.4 Å². The van der Waals surface area contributed by atoms with Gasteiger partial charge in [-0.25, -0.2) is 0 Å². The van der Waals surface area contributed by atoms with Crippen LogP contribution in [0, 0.1) is 0 Å². The monoisotopic (exact) mass is 420 g/mol. The molecule has 2 atom stereocenters. The summed E-state index contributed by atoms with van der Waals surface area (Å²) in [5, 5.41) is 0. The lowest BCUT2D eigenvalue weighted by atomic mass is 9.75. The largest absolute Gasteiger partial charge is 0.493 e. The van der Waals surface area contributed by atoms with Crippen LogP contribution in [0.4, 0.5) is 0 Å². The van der Waals surface area contributed by atoms with E-state index in [9.17, 15) is 0 Å². The van der Waals surface area contributed by atoms with E-state index in [4.69, 9.17) is 19.2 Å². The SMILES string of the molecule is COc1cc2c(cc1OC)[C@@H]1CCCC[C@@H]1N=C2c1ccc(CN2CCOCC2)cc1. The molecular formula is C26H32N2O3. The number of hydrogen-bond donors (Lipinski definition) is 0. The summed E-state index contributed by atoms with van der Waals surface area (Å²) in [5.74, 6) is 2.06. The lowest BCUT2D eigenvalue weighted by molar-refractivity contribution is 0.0342. The Morgan fingerprint density at radius 2 is 1.68 bits per heavy atom. The van der Waals surface area contributed by atoms with Gasteiger partial charge < -0.3 is 14.2 Å². The van der Waals surface area contributed by atoms with Crippen LogP contribution in [0.1, 0.15) is 53.9 Å². The summed E-state index contributed by atoms with van der Waals surface area (Å²) in [6.07, 6.45) is 4.90. The zero-order valence-corrected chi connectivity index (χ0v) is 18.6. The van der Waals surface area contributed by atoms with Crippen LogP contribution in [0.3, 0.4) is 0 Å². The summed E-state index contributed by atoms with van der Waals surface area (Å²) >= 11 is 0. The summed E-state index contributed by atoms with van der Waals surface area (Å²) in [7, 11) is 3.42. The van der Waals surface area contributed by atoms with E-state index >= 15 is 0 Å². The molecule has 31 heavy (non-hydrogen) atoms. The number of morpholine rings is 1. The van der Waals surface area contributed by atoms with Gasteiger partial charge in [0.25, 0.3) is 0 Å². The van der Waals surface area contributed by atoms with Crippen molar-refractivity contribution in [3.05, 3.63) is 58.7 Å². The predicted molar refractivity (Wildman–Crippen MR) is 123 cm³/mol. The van der Waals surface area contributed by atoms with Crippen molar-refractivity contribution in [1.29, 1.82) is 0 Å². The molecule has 164 valence electrons. The fourth-order valence-corrected chi connectivity index (χ4v) is 5.29. The van der Waals surface area contributed by atoms with Gasteiger partial charge in [0.2, 0.25) is 0 Å². The number of hydrogen-bond acceptors (Lipinski definition) is 5. The van der Waals surface area contributed by atoms with Crippen LogP contribution in [-0.4, -0.2) is 57.2 Å². The van der Waals surface area contributed by atoms with Crippen LogP contribution < -0.4 is 9.47 Å². The van der Waals surface area contributed by atoms with E-state index in [0.29, 0.717) is 12.0 Å². The normalized spacial score (nSPS) is 23.5. The smallest absolute Gasteiger partial charge is 0.161 e. The van der Waals surface area contributed by atoms with E-state index in [2.05, 4.69) is 41.3 Å². The molecule has 0 spiro atoms. The van der Waals surface area contributed by atoms with Gasteiger partial charge in [-0.15, -0.1) is 0 Å². The molecule has 1 saturated heterocycles. The molecule has 2 aromatic carbocycles. The Balaban J connectivity index is 1.48. The first-order valence-corrected chi connectivity index (χ1v) is 11.5. The van der Waals surface area contributed by atoms with Crippen molar-refractivity contribution in [3.8, 4) is 11.5 Å². The van der Waals surface area contributed by atoms with Crippen molar-refractivity contribution in [3.63, 3.8) is 0 Å². The first-order valence-electron chi connectivity index (χ1n) is 11.5. The number of rotatable bonds is 5. The van der Waals surface area contributed by atoms with Crippen molar-refractivity contribution in [2.75, 3.05) is 40.5 Å². The van der Waals surface area contributed by atoms with Gasteiger partial charge in [-0.3, -0.25) is 9.89 Å². The van der Waals surface area contributed by atoms with Crippen LogP contribution in [0.5, 0.6) is 11.5 Å². The van der Waals surface area contributed by atoms with Crippen LogP contribution >= 0.6 is 0 Å². The molecule has 0 bridgehead atoms. The molecular weight excluding hydrogens is 388 g/mol. The second-order valence-corrected chi connectivity index (χ2v) is 8.82. The first-order chi connectivity index (χ1) is 15.3. The maximum atomic E-state index is 5.63. The van der Waals surface area contributed by atoms with E-state index in [-0.39, 0.29) is 0 Å². The van der Waals surface area contributed by atoms with Crippen LogP contribution in [0.2, 0.25) is 0 Å². The Hall–Kier alpha value is -2.37. The molecule has 1 aliphatic carbocycles. The number of benzene rings is 2. The number of nitrogens with zero attached hydrogens (tertiary/aromatic N) is 2. The number of aliphatic imine (C=N–C) groups is 1. The van der Waals surface area contributed by atoms with Gasteiger partial charge in [-0.05, 0) is 36.1 Å². The second-order valence-electron chi connectivity index (χ2n) is 8.82. The van der Waals surface area contributed by atoms with Gasteiger partial charge in [-0.1, -0.05) is 37.1 Å². The third-order valence-corrected chi connectivity index (χ3v) is 6.97. The van der Waals surface area contributed by atoms with Gasteiger partial charge in [-0.2, -0.15) is 0 Å². The molecule has 0 radical (unpaired) electrons. The lowest BCUT2D eigenvalue weighted by Gasteiger charge is -2.35. The van der Waals surface area contributed by atoms with Crippen molar-refractivity contribution < 1.29 is 14.2 Å². The lowest BCUT2D eigenvalue weighted by Crippen LogP contribution is -2.35. The molecule has 0 amide bonds. The number of ether oxygens (including phenoxy) is 3. The molecule has 3 aliphatic rings. The molecule has 2 heterocycles. The fraction of sp³-hybridized carbons (Fsp3) is 0.500. The minimum Gasteiger partial charge on any atom is -0.493 e. The minimum atomic E-state index is 0.363. The molecule has 0 N–H and O–H groups in total. The Labute approximate surface area is 185 Å². The Morgan fingerprint density at radius 1 is 0.968 bits per heavy atom. The van der Waals surface area contributed by atoms with E-state index in [0.717, 1.165) is 56.5 Å². The number of methoxy groups -OCH3 is 2. The third-order valence-electron chi connectivity index (χ3n) is 6.97. The number of fused-ring (bicyclic) bond motifs is 3. The van der Waals surface area contributed by atoms with E-state index in [1.165, 1.54) is 41.5 Å². The van der Waals surface area contributed by atoms with Crippen LogP contribution in [0.25, 0.3) is 0 Å². The maximum absolute atomic E-state index is 5.63. The molecule has 5 rings (SSSR count). The van der Waals surface area contributed by atoms with Gasteiger partial charge in [0, 0.05) is 36.7 Å². The maximum Gasteiger partial charge on any atom is 0.161 e. The molecule has 5 heteroatoms. The van der Waals surface area contributed by atoms with Crippen molar-refractivity contribution >= 4 is 5.71 Å². The molecule has 2 fully saturated rings. The Bertz CT molecular complexity index is 948. The topological polar surface area (TPSA) is 43.3 Å². The zero-order chi connectivity index (χ0) is 21.2. The highest BCUT2D eigenvalue weighted by Crippen LogP contribution is 2.44. The summed E-state index contributed by atoms with van der Waals surface area (Å²) in [6.45, 7) is 4.65. The summed E-state index contributed by atoms with van der Waals surface area (Å²) in [5.41, 5.74) is 6.18. The standard InChI is InChI=1S/C26H32N2O3/c1-29-24-15-21-20-5-3-4-6-23(20)27-26(22(21)16-25(24)30-2)19-9-7-18(8-10-19)17-28-11-13-31-14-12-28/h7-10,15-16,20,23H,3-6,11-14,17H2,1-2H3/t20-,23-/m0/s1. The molecule has 0 aromatic heterocycles. The van der Waals surface area contributed by atoms with Gasteiger partial charge >= 0.3 is 0 Å². The summed E-state index contributed by atoms with van der Waals surface area (Å²) in [6, 6.07) is 13.7. The fourth-order valence-electron chi connectivity index (χ4n) is 5.29.